The van der Waals surface area contributed by atoms with Crippen LogP contribution in [0.15, 0.2) is 30.3 Å². The zero-order valence-electron chi connectivity index (χ0n) is 13.1. The van der Waals surface area contributed by atoms with Crippen LogP contribution in [0.4, 0.5) is 0 Å². The van der Waals surface area contributed by atoms with Gasteiger partial charge in [0.15, 0.2) is 0 Å². The molecule has 0 aliphatic heterocycles. The van der Waals surface area contributed by atoms with Crippen molar-refractivity contribution in [1.82, 2.24) is 0 Å². The van der Waals surface area contributed by atoms with Crippen molar-refractivity contribution in [2.75, 3.05) is 25.2 Å². The van der Waals surface area contributed by atoms with Crippen LogP contribution in [0.25, 0.3) is 0 Å². The molecule has 0 unspecified atom stereocenters. The van der Waals surface area contributed by atoms with Crippen molar-refractivity contribution in [1.29, 1.82) is 0 Å². The van der Waals surface area contributed by atoms with Gasteiger partial charge in [-0.2, -0.15) is 0 Å². The lowest BCUT2D eigenvalue weighted by molar-refractivity contribution is 0.0722. The van der Waals surface area contributed by atoms with E-state index in [0.29, 0.717) is 19.8 Å². The van der Waals surface area contributed by atoms with Gasteiger partial charge in [-0.25, -0.2) is 0 Å². The summed E-state index contributed by atoms with van der Waals surface area (Å²) in [7, 11) is -2.78. The maximum absolute atomic E-state index is 6.20. The van der Waals surface area contributed by atoms with E-state index < -0.39 is 8.80 Å². The summed E-state index contributed by atoms with van der Waals surface area (Å²) in [6.45, 7) is 6.23. The molecule has 21 heavy (non-hydrogen) atoms. The molecule has 0 aliphatic rings. The van der Waals surface area contributed by atoms with Gasteiger partial charge in [0.2, 0.25) is 0 Å². The minimum atomic E-state index is -2.78. The van der Waals surface area contributed by atoms with Gasteiger partial charge in [-0.3, -0.25) is 0 Å². The summed E-state index contributed by atoms with van der Waals surface area (Å²) in [6, 6.07) is 10.2. The lowest BCUT2D eigenvalue weighted by Crippen LogP contribution is -2.57. The number of unbranched alkanes of at least 4 members (excludes halogenated alkanes) is 1. The van der Waals surface area contributed by atoms with Crippen molar-refractivity contribution in [2.45, 2.75) is 39.5 Å². The van der Waals surface area contributed by atoms with E-state index in [0.717, 1.165) is 36.2 Å². The molecule has 0 amide bonds. The summed E-state index contributed by atoms with van der Waals surface area (Å²) in [5.41, 5.74) is 0. The smallest absolute Gasteiger partial charge is 0.370 e. The fraction of sp³-hybridized carbons (Fsp3) is 0.625. The summed E-state index contributed by atoms with van der Waals surface area (Å²) >= 11 is 3.45. The van der Waals surface area contributed by atoms with Crippen molar-refractivity contribution in [3.8, 4) is 0 Å². The van der Waals surface area contributed by atoms with Gasteiger partial charge in [-0.05, 0) is 25.7 Å². The fourth-order valence-electron chi connectivity index (χ4n) is 1.89. The van der Waals surface area contributed by atoms with Crippen molar-refractivity contribution < 1.29 is 13.3 Å². The van der Waals surface area contributed by atoms with Crippen LogP contribution in [0.5, 0.6) is 0 Å². The number of hydrogen-bond donors (Lipinski definition) is 0. The van der Waals surface area contributed by atoms with Crippen molar-refractivity contribution >= 4 is 29.9 Å². The van der Waals surface area contributed by atoms with Gasteiger partial charge >= 0.3 is 8.80 Å². The van der Waals surface area contributed by atoms with E-state index in [1.54, 1.807) is 0 Å². The van der Waals surface area contributed by atoms with Gasteiger partial charge < -0.3 is 13.3 Å². The van der Waals surface area contributed by atoms with Crippen LogP contribution < -0.4 is 5.19 Å². The first-order valence-electron chi connectivity index (χ1n) is 7.82. The molecule has 0 aliphatic carbocycles. The lowest BCUT2D eigenvalue weighted by Gasteiger charge is -2.29. The average Bonchev–Trinajstić information content (AvgIpc) is 2.54. The van der Waals surface area contributed by atoms with E-state index in [2.05, 4.69) is 41.9 Å². The number of benzene rings is 1. The first-order chi connectivity index (χ1) is 10.3. The Hall–Kier alpha value is -0.203. The maximum atomic E-state index is 6.20. The van der Waals surface area contributed by atoms with Crippen molar-refractivity contribution in [3.05, 3.63) is 30.3 Å². The second-order valence-corrected chi connectivity index (χ2v) is 8.21. The summed E-state index contributed by atoms with van der Waals surface area (Å²) in [5.74, 6) is 0. The number of alkyl halides is 1. The van der Waals surface area contributed by atoms with Gasteiger partial charge in [0.25, 0.3) is 0 Å². The van der Waals surface area contributed by atoms with Crippen LogP contribution in [0, 0.1) is 0 Å². The molecule has 0 bridgehead atoms. The molecule has 0 aromatic heterocycles. The molecule has 0 spiro atoms. The molecule has 0 fully saturated rings. The minimum Gasteiger partial charge on any atom is -0.370 e. The standard InChI is InChI=1S/C16H27BrO3Si/c1-3-13-18-21(19-14-4-2,20-15-9-8-12-17)16-10-6-5-7-11-16/h5-7,10-11H,3-4,8-9,12-15H2,1-2H3. The first-order valence-corrected chi connectivity index (χ1v) is 10.7. The van der Waals surface area contributed by atoms with Crippen molar-refractivity contribution in [3.63, 3.8) is 0 Å². The zero-order chi connectivity index (χ0) is 15.4. The highest BCUT2D eigenvalue weighted by Crippen LogP contribution is 2.13. The van der Waals surface area contributed by atoms with E-state index in [1.807, 2.05) is 18.2 Å². The quantitative estimate of drug-likeness (QED) is 0.315. The Labute approximate surface area is 138 Å². The molecular weight excluding hydrogens is 348 g/mol. The summed E-state index contributed by atoms with van der Waals surface area (Å²) in [5, 5.41) is 2.06. The molecule has 0 saturated carbocycles. The lowest BCUT2D eigenvalue weighted by atomic mass is 10.4. The van der Waals surface area contributed by atoms with Gasteiger partial charge in [0.1, 0.15) is 0 Å². The van der Waals surface area contributed by atoms with Crippen LogP contribution in [0.2, 0.25) is 0 Å². The predicted molar refractivity (Wildman–Crippen MR) is 93.3 cm³/mol. The normalized spacial score (nSPS) is 11.8. The van der Waals surface area contributed by atoms with Crippen LogP contribution >= 0.6 is 15.9 Å². The first kappa shape index (κ1) is 18.8. The molecular formula is C16H27BrO3Si. The van der Waals surface area contributed by atoms with Gasteiger partial charge in [0, 0.05) is 30.3 Å². The molecule has 0 heterocycles. The molecule has 1 aromatic rings. The van der Waals surface area contributed by atoms with Gasteiger partial charge in [0.05, 0.1) is 0 Å². The topological polar surface area (TPSA) is 27.7 Å². The molecule has 0 atom stereocenters. The van der Waals surface area contributed by atoms with E-state index in [1.165, 1.54) is 0 Å². The third kappa shape index (κ3) is 6.61. The zero-order valence-corrected chi connectivity index (χ0v) is 15.7. The Bertz CT molecular complexity index is 354. The molecule has 3 nitrogen and oxygen atoms in total. The Morgan fingerprint density at radius 3 is 1.95 bits per heavy atom. The van der Waals surface area contributed by atoms with E-state index >= 15 is 0 Å². The van der Waals surface area contributed by atoms with Crippen LogP contribution in [0.1, 0.15) is 39.5 Å². The molecule has 0 N–H and O–H groups in total. The molecule has 120 valence electrons. The third-order valence-corrected chi connectivity index (χ3v) is 6.29. The molecule has 0 radical (unpaired) electrons. The number of rotatable bonds is 12. The summed E-state index contributed by atoms with van der Waals surface area (Å²) in [4.78, 5) is 0. The maximum Gasteiger partial charge on any atom is 0.537 e. The van der Waals surface area contributed by atoms with Crippen LogP contribution in [-0.4, -0.2) is 34.0 Å². The van der Waals surface area contributed by atoms with Gasteiger partial charge in [-0.15, -0.1) is 0 Å². The molecule has 0 saturated heterocycles. The number of hydrogen-bond acceptors (Lipinski definition) is 3. The predicted octanol–water partition coefficient (Wildman–Crippen LogP) is 3.88. The van der Waals surface area contributed by atoms with E-state index in [-0.39, 0.29) is 0 Å². The van der Waals surface area contributed by atoms with E-state index in [4.69, 9.17) is 13.3 Å². The Morgan fingerprint density at radius 2 is 1.43 bits per heavy atom. The highest BCUT2D eigenvalue weighted by atomic mass is 79.9. The molecule has 1 aromatic carbocycles. The van der Waals surface area contributed by atoms with Crippen LogP contribution in [-0.2, 0) is 13.3 Å². The SMILES string of the molecule is CCCO[Si](OCCC)(OCCCCBr)c1ccccc1. The Balaban J connectivity index is 2.85. The highest BCUT2D eigenvalue weighted by Gasteiger charge is 2.43. The minimum absolute atomic E-state index is 0.670. The Kier molecular flexibility index (Phi) is 10.2. The molecule has 1 rings (SSSR count). The van der Waals surface area contributed by atoms with E-state index in [9.17, 15) is 0 Å². The monoisotopic (exact) mass is 374 g/mol. The number of halogens is 1. The summed E-state index contributed by atoms with van der Waals surface area (Å²) in [6.07, 6.45) is 4.03. The second-order valence-electron chi connectivity index (χ2n) is 4.86. The third-order valence-electron chi connectivity index (χ3n) is 2.94. The van der Waals surface area contributed by atoms with Crippen molar-refractivity contribution in [2.24, 2.45) is 0 Å². The average molecular weight is 375 g/mol. The molecule has 5 heteroatoms. The highest BCUT2D eigenvalue weighted by molar-refractivity contribution is 9.09. The largest absolute Gasteiger partial charge is 0.537 e. The van der Waals surface area contributed by atoms with Gasteiger partial charge in [-0.1, -0.05) is 60.1 Å². The second kappa shape index (κ2) is 11.4. The fourth-order valence-corrected chi connectivity index (χ4v) is 5.00. The Morgan fingerprint density at radius 1 is 0.857 bits per heavy atom. The summed E-state index contributed by atoms with van der Waals surface area (Å²) < 4.78 is 18.5. The van der Waals surface area contributed by atoms with Crippen LogP contribution in [0.3, 0.4) is 0 Å².